The van der Waals surface area contributed by atoms with Gasteiger partial charge in [-0.1, -0.05) is 65.9 Å². The van der Waals surface area contributed by atoms with Gasteiger partial charge in [0.2, 0.25) is 15.9 Å². The van der Waals surface area contributed by atoms with Crippen molar-refractivity contribution in [2.45, 2.75) is 17.9 Å². The minimum absolute atomic E-state index is 0.0256. The molecule has 162 valence electrons. The normalized spacial score (nSPS) is 11.3. The van der Waals surface area contributed by atoms with E-state index in [1.807, 2.05) is 60.7 Å². The number of carbonyl (C=O) groups excluding carboxylic acids is 1. The molecule has 0 unspecified atom stereocenters. The Hall–Kier alpha value is -3.82. The second-order valence-corrected chi connectivity index (χ2v) is 8.70. The summed E-state index contributed by atoms with van der Waals surface area (Å²) < 4.78 is 24.4. The molecule has 0 fully saturated rings. The van der Waals surface area contributed by atoms with Crippen LogP contribution in [0.5, 0.6) is 0 Å². The number of aromatic nitrogens is 3. The first-order valence-corrected chi connectivity index (χ1v) is 11.4. The molecule has 0 atom stereocenters. The van der Waals surface area contributed by atoms with Gasteiger partial charge in [0.05, 0.1) is 22.7 Å². The van der Waals surface area contributed by atoms with Crippen LogP contribution in [-0.2, 0) is 27.8 Å². The van der Waals surface area contributed by atoms with Crippen molar-refractivity contribution in [1.29, 1.82) is 0 Å². The number of hydrogen-bond acceptors (Lipinski definition) is 5. The van der Waals surface area contributed by atoms with Crippen LogP contribution in [-0.4, -0.2) is 29.3 Å². The molecule has 3 aromatic carbocycles. The zero-order valence-corrected chi connectivity index (χ0v) is 17.9. The molecule has 4 rings (SSSR count). The van der Waals surface area contributed by atoms with E-state index in [0.29, 0.717) is 5.69 Å². The molecule has 0 saturated heterocycles. The maximum atomic E-state index is 12.6. The maximum absolute atomic E-state index is 12.6. The van der Waals surface area contributed by atoms with Crippen molar-refractivity contribution in [1.82, 2.24) is 20.3 Å². The van der Waals surface area contributed by atoms with Gasteiger partial charge < -0.3 is 5.32 Å². The van der Waals surface area contributed by atoms with Crippen molar-refractivity contribution in [3.05, 3.63) is 96.2 Å². The van der Waals surface area contributed by atoms with Crippen LogP contribution in [0.4, 0.5) is 0 Å². The van der Waals surface area contributed by atoms with Gasteiger partial charge in [0, 0.05) is 12.1 Å². The second kappa shape index (κ2) is 9.13. The molecule has 3 N–H and O–H groups in total. The van der Waals surface area contributed by atoms with Crippen molar-refractivity contribution < 1.29 is 13.2 Å². The Morgan fingerprint density at radius 2 is 1.53 bits per heavy atom. The van der Waals surface area contributed by atoms with E-state index in [4.69, 9.17) is 5.14 Å². The van der Waals surface area contributed by atoms with Crippen LogP contribution in [0.15, 0.2) is 89.8 Å². The molecule has 1 heterocycles. The number of amides is 1. The van der Waals surface area contributed by atoms with Gasteiger partial charge >= 0.3 is 0 Å². The van der Waals surface area contributed by atoms with Crippen LogP contribution >= 0.6 is 0 Å². The lowest BCUT2D eigenvalue weighted by Crippen LogP contribution is -2.25. The average molecular weight is 448 g/mol. The van der Waals surface area contributed by atoms with Crippen molar-refractivity contribution in [3.63, 3.8) is 0 Å². The molecule has 1 aromatic heterocycles. The summed E-state index contributed by atoms with van der Waals surface area (Å²) in [5.41, 5.74) is 3.82. The third kappa shape index (κ3) is 4.90. The molecule has 4 aromatic rings. The first-order valence-electron chi connectivity index (χ1n) is 9.86. The number of nitrogens with zero attached hydrogens (tertiary/aromatic N) is 3. The highest BCUT2D eigenvalue weighted by Gasteiger charge is 2.18. The molecular formula is C23H21N5O3S. The molecule has 32 heavy (non-hydrogen) atoms. The molecule has 0 radical (unpaired) electrons. The maximum Gasteiger partial charge on any atom is 0.238 e. The van der Waals surface area contributed by atoms with Gasteiger partial charge in [-0.05, 0) is 29.8 Å². The second-order valence-electron chi connectivity index (χ2n) is 7.14. The van der Waals surface area contributed by atoms with E-state index in [-0.39, 0.29) is 23.8 Å². The zero-order valence-electron chi connectivity index (χ0n) is 17.0. The van der Waals surface area contributed by atoms with Crippen LogP contribution in [0.25, 0.3) is 16.9 Å². The molecule has 0 aliphatic carbocycles. The summed E-state index contributed by atoms with van der Waals surface area (Å²) in [5, 5.41) is 16.5. The predicted octanol–water partition coefficient (Wildman–Crippen LogP) is 2.44. The lowest BCUT2D eigenvalue weighted by atomic mass is 10.1. The van der Waals surface area contributed by atoms with Gasteiger partial charge in [0.15, 0.2) is 0 Å². The molecular weight excluding hydrogens is 426 g/mol. The molecule has 0 spiro atoms. The summed E-state index contributed by atoms with van der Waals surface area (Å²) >= 11 is 0. The van der Waals surface area contributed by atoms with E-state index in [2.05, 4.69) is 15.6 Å². The Labute approximate surface area is 185 Å². The van der Waals surface area contributed by atoms with Crippen LogP contribution in [0.1, 0.15) is 11.3 Å². The summed E-state index contributed by atoms with van der Waals surface area (Å²) in [6, 6.07) is 25.3. The Morgan fingerprint density at radius 1 is 0.906 bits per heavy atom. The Morgan fingerprint density at radius 3 is 2.16 bits per heavy atom. The number of nitrogens with two attached hydrogens (primary N) is 1. The Kier molecular flexibility index (Phi) is 6.11. The van der Waals surface area contributed by atoms with Crippen LogP contribution in [0.3, 0.4) is 0 Å². The highest BCUT2D eigenvalue weighted by atomic mass is 32.2. The monoisotopic (exact) mass is 447 g/mol. The van der Waals surface area contributed by atoms with Crippen LogP contribution in [0.2, 0.25) is 0 Å². The Bertz CT molecular complexity index is 1320. The van der Waals surface area contributed by atoms with E-state index >= 15 is 0 Å². The lowest BCUT2D eigenvalue weighted by Gasteiger charge is -2.09. The molecule has 0 aliphatic rings. The molecule has 1 amide bonds. The van der Waals surface area contributed by atoms with Crippen molar-refractivity contribution in [3.8, 4) is 16.9 Å². The van der Waals surface area contributed by atoms with E-state index in [9.17, 15) is 13.2 Å². The van der Waals surface area contributed by atoms with Gasteiger partial charge in [0.25, 0.3) is 0 Å². The minimum Gasteiger partial charge on any atom is -0.352 e. The highest BCUT2D eigenvalue weighted by molar-refractivity contribution is 7.89. The van der Waals surface area contributed by atoms with E-state index in [1.165, 1.54) is 12.1 Å². The van der Waals surface area contributed by atoms with Gasteiger partial charge in [-0.15, -0.1) is 5.10 Å². The number of para-hydroxylation sites is 1. The SMILES string of the molecule is NS(=O)(=O)c1ccc(CNC(=O)Cc2nnn(-c3ccccc3)c2-c2ccccc2)cc1. The number of carbonyl (C=O) groups is 1. The molecule has 8 nitrogen and oxygen atoms in total. The number of hydrogen-bond donors (Lipinski definition) is 2. The summed E-state index contributed by atoms with van der Waals surface area (Å²) in [6.45, 7) is 0.247. The molecule has 0 aliphatic heterocycles. The average Bonchev–Trinajstić information content (AvgIpc) is 3.22. The number of benzene rings is 3. The summed E-state index contributed by atoms with van der Waals surface area (Å²) in [5.74, 6) is -0.224. The fourth-order valence-electron chi connectivity index (χ4n) is 3.28. The summed E-state index contributed by atoms with van der Waals surface area (Å²) in [6.07, 6.45) is 0.0479. The fourth-order valence-corrected chi connectivity index (χ4v) is 3.79. The Balaban J connectivity index is 1.53. The highest BCUT2D eigenvalue weighted by Crippen LogP contribution is 2.25. The van der Waals surface area contributed by atoms with E-state index in [0.717, 1.165) is 22.5 Å². The molecule has 9 heteroatoms. The van der Waals surface area contributed by atoms with Gasteiger partial charge in [-0.25, -0.2) is 18.2 Å². The van der Waals surface area contributed by atoms with Crippen molar-refractivity contribution in [2.24, 2.45) is 5.14 Å². The third-order valence-electron chi connectivity index (χ3n) is 4.86. The number of sulfonamides is 1. The third-order valence-corrected chi connectivity index (χ3v) is 5.79. The number of nitrogens with one attached hydrogen (secondary N) is 1. The predicted molar refractivity (Wildman–Crippen MR) is 120 cm³/mol. The van der Waals surface area contributed by atoms with Gasteiger partial charge in [0.1, 0.15) is 5.69 Å². The van der Waals surface area contributed by atoms with E-state index in [1.54, 1.807) is 16.8 Å². The van der Waals surface area contributed by atoms with Gasteiger partial charge in [-0.3, -0.25) is 4.79 Å². The van der Waals surface area contributed by atoms with Gasteiger partial charge in [-0.2, -0.15) is 0 Å². The quantitative estimate of drug-likeness (QED) is 0.451. The first-order chi connectivity index (χ1) is 15.4. The first kappa shape index (κ1) is 21.4. The van der Waals surface area contributed by atoms with Crippen molar-refractivity contribution in [2.75, 3.05) is 0 Å². The van der Waals surface area contributed by atoms with E-state index < -0.39 is 10.0 Å². The standard InChI is InChI=1S/C23H21N5O3S/c24-32(30,31)20-13-11-17(12-14-20)16-25-22(29)15-21-23(18-7-3-1-4-8-18)28(27-26-21)19-9-5-2-6-10-19/h1-14H,15-16H2,(H,25,29)(H2,24,30,31). The zero-order chi connectivity index (χ0) is 22.6. The summed E-state index contributed by atoms with van der Waals surface area (Å²) in [4.78, 5) is 12.7. The van der Waals surface area contributed by atoms with Crippen LogP contribution < -0.4 is 10.5 Å². The number of primary sulfonamides is 1. The fraction of sp³-hybridized carbons (Fsp3) is 0.0870. The molecule has 0 saturated carbocycles. The van der Waals surface area contributed by atoms with Crippen molar-refractivity contribution >= 4 is 15.9 Å². The smallest absolute Gasteiger partial charge is 0.238 e. The lowest BCUT2D eigenvalue weighted by molar-refractivity contribution is -0.120. The number of rotatable bonds is 7. The largest absolute Gasteiger partial charge is 0.352 e. The molecule has 0 bridgehead atoms. The van der Waals surface area contributed by atoms with Crippen LogP contribution in [0, 0.1) is 0 Å². The summed E-state index contributed by atoms with van der Waals surface area (Å²) in [7, 11) is -3.75. The minimum atomic E-state index is -3.75. The topological polar surface area (TPSA) is 120 Å².